The average Bonchev–Trinajstić information content (AvgIpc) is 2.95. The van der Waals surface area contributed by atoms with E-state index in [-0.39, 0.29) is 17.4 Å². The molecule has 2 fully saturated rings. The van der Waals surface area contributed by atoms with Crippen LogP contribution >= 0.6 is 0 Å². The van der Waals surface area contributed by atoms with Crippen LogP contribution < -0.4 is 0 Å². The largest absolute Gasteiger partial charge is 0.339 e. The van der Waals surface area contributed by atoms with Gasteiger partial charge in [0.05, 0.1) is 11.5 Å². The van der Waals surface area contributed by atoms with E-state index < -0.39 is 9.84 Å². The van der Waals surface area contributed by atoms with Crippen molar-refractivity contribution in [1.29, 1.82) is 0 Å². The Morgan fingerprint density at radius 3 is 2.45 bits per heavy atom. The lowest BCUT2D eigenvalue weighted by atomic mass is 9.73. The molecule has 1 saturated carbocycles. The number of rotatable bonds is 2. The molecule has 0 bridgehead atoms. The summed E-state index contributed by atoms with van der Waals surface area (Å²) in [7, 11) is -2.90. The third kappa shape index (κ3) is 2.90. The van der Waals surface area contributed by atoms with Gasteiger partial charge in [0.15, 0.2) is 15.7 Å². The Balaban J connectivity index is 1.69. The number of nitrogens with zero attached hydrogens (tertiary/aromatic N) is 2. The van der Waals surface area contributed by atoms with Crippen molar-refractivity contribution in [1.82, 2.24) is 10.1 Å². The predicted octanol–water partition coefficient (Wildman–Crippen LogP) is 2.66. The maximum atomic E-state index is 11.5. The third-order valence-electron chi connectivity index (χ3n) is 4.74. The van der Waals surface area contributed by atoms with E-state index in [1.807, 2.05) is 0 Å². The summed E-state index contributed by atoms with van der Waals surface area (Å²) in [6.45, 7) is 4.59. The summed E-state index contributed by atoms with van der Waals surface area (Å²) in [6.07, 6.45) is 5.13. The molecule has 0 amide bonds. The maximum absolute atomic E-state index is 11.5. The summed E-state index contributed by atoms with van der Waals surface area (Å²) in [6, 6.07) is 0. The van der Waals surface area contributed by atoms with Gasteiger partial charge in [-0.05, 0) is 37.5 Å². The summed E-state index contributed by atoms with van der Waals surface area (Å²) >= 11 is 0. The topological polar surface area (TPSA) is 73.1 Å². The second kappa shape index (κ2) is 4.83. The molecule has 0 aromatic carbocycles. The van der Waals surface area contributed by atoms with Crippen LogP contribution in [0.25, 0.3) is 0 Å². The molecule has 0 N–H and O–H groups in total. The van der Waals surface area contributed by atoms with E-state index in [0.717, 1.165) is 12.8 Å². The first kappa shape index (κ1) is 14.0. The highest BCUT2D eigenvalue weighted by molar-refractivity contribution is 7.91. The Kier molecular flexibility index (Phi) is 3.39. The van der Waals surface area contributed by atoms with E-state index in [2.05, 4.69) is 24.0 Å². The first-order valence-electron chi connectivity index (χ1n) is 7.39. The average molecular weight is 298 g/mol. The van der Waals surface area contributed by atoms with Gasteiger partial charge in [-0.25, -0.2) is 8.42 Å². The monoisotopic (exact) mass is 298 g/mol. The summed E-state index contributed by atoms with van der Waals surface area (Å²) < 4.78 is 28.4. The van der Waals surface area contributed by atoms with Crippen LogP contribution in [-0.2, 0) is 9.84 Å². The van der Waals surface area contributed by atoms with Crippen molar-refractivity contribution in [2.75, 3.05) is 11.5 Å². The molecule has 1 aromatic heterocycles. The van der Waals surface area contributed by atoms with E-state index in [9.17, 15) is 8.42 Å². The standard InChI is InChI=1S/C14H22N2O3S/c1-14(2)6-3-10(4-7-14)13-15-12(16-19-13)11-5-8-20(17,18)9-11/h10-11H,3-9H2,1-2H3. The molecule has 0 spiro atoms. The van der Waals surface area contributed by atoms with Gasteiger partial charge in [-0.3, -0.25) is 0 Å². The highest BCUT2D eigenvalue weighted by atomic mass is 32.2. The van der Waals surface area contributed by atoms with Gasteiger partial charge < -0.3 is 4.52 Å². The van der Waals surface area contributed by atoms with E-state index in [4.69, 9.17) is 4.52 Å². The van der Waals surface area contributed by atoms with Gasteiger partial charge >= 0.3 is 0 Å². The minimum absolute atomic E-state index is 0.0717. The molecule has 0 radical (unpaired) electrons. The summed E-state index contributed by atoms with van der Waals surface area (Å²) in [5.41, 5.74) is 0.416. The molecule has 1 atom stereocenters. The molecule has 5 nitrogen and oxygen atoms in total. The SMILES string of the molecule is CC1(C)CCC(c2nc(C3CCS(=O)(=O)C3)no2)CC1. The van der Waals surface area contributed by atoms with Gasteiger partial charge in [0, 0.05) is 11.8 Å². The van der Waals surface area contributed by atoms with Crippen LogP contribution in [-0.4, -0.2) is 30.1 Å². The Hall–Kier alpha value is -0.910. The molecular weight excluding hydrogens is 276 g/mol. The smallest absolute Gasteiger partial charge is 0.229 e. The second-order valence-electron chi connectivity index (χ2n) is 7.03. The van der Waals surface area contributed by atoms with E-state index in [1.54, 1.807) is 0 Å². The molecule has 1 aromatic rings. The normalized spacial score (nSPS) is 29.6. The summed E-state index contributed by atoms with van der Waals surface area (Å²) in [5.74, 6) is 1.99. The fourth-order valence-corrected chi connectivity index (χ4v) is 4.96. The number of aromatic nitrogens is 2. The van der Waals surface area contributed by atoms with Crippen molar-refractivity contribution >= 4 is 9.84 Å². The van der Waals surface area contributed by atoms with Crippen molar-refractivity contribution in [3.8, 4) is 0 Å². The molecule has 1 aliphatic carbocycles. The Bertz CT molecular complexity index is 581. The Labute approximate surface area is 120 Å². The molecule has 3 rings (SSSR count). The lowest BCUT2D eigenvalue weighted by molar-refractivity contribution is 0.202. The first-order chi connectivity index (χ1) is 9.35. The van der Waals surface area contributed by atoms with Crippen LogP contribution in [0.2, 0.25) is 0 Å². The Morgan fingerprint density at radius 1 is 1.15 bits per heavy atom. The zero-order valence-corrected chi connectivity index (χ0v) is 12.9. The van der Waals surface area contributed by atoms with E-state index in [0.29, 0.717) is 29.5 Å². The zero-order chi connectivity index (χ0) is 14.4. The van der Waals surface area contributed by atoms with Gasteiger partial charge in [-0.1, -0.05) is 19.0 Å². The zero-order valence-electron chi connectivity index (χ0n) is 12.1. The van der Waals surface area contributed by atoms with Gasteiger partial charge in [-0.2, -0.15) is 4.98 Å². The highest BCUT2D eigenvalue weighted by Crippen LogP contribution is 2.42. The van der Waals surface area contributed by atoms with Crippen LogP contribution in [0.3, 0.4) is 0 Å². The molecule has 112 valence electrons. The number of sulfone groups is 1. The van der Waals surface area contributed by atoms with Crippen molar-refractivity contribution < 1.29 is 12.9 Å². The maximum Gasteiger partial charge on any atom is 0.229 e. The van der Waals surface area contributed by atoms with E-state index >= 15 is 0 Å². The molecule has 20 heavy (non-hydrogen) atoms. The lowest BCUT2D eigenvalue weighted by Gasteiger charge is -2.32. The van der Waals surface area contributed by atoms with Gasteiger partial charge in [-0.15, -0.1) is 0 Å². The van der Waals surface area contributed by atoms with Crippen LogP contribution in [0.5, 0.6) is 0 Å². The minimum Gasteiger partial charge on any atom is -0.339 e. The van der Waals surface area contributed by atoms with Gasteiger partial charge in [0.2, 0.25) is 5.89 Å². The molecule has 1 aliphatic heterocycles. The third-order valence-corrected chi connectivity index (χ3v) is 6.51. The van der Waals surface area contributed by atoms with Crippen LogP contribution in [0.4, 0.5) is 0 Å². The van der Waals surface area contributed by atoms with Crippen molar-refractivity contribution in [2.45, 2.75) is 57.8 Å². The molecule has 1 unspecified atom stereocenters. The summed E-state index contributed by atoms with van der Waals surface area (Å²) in [5, 5.41) is 4.02. The second-order valence-corrected chi connectivity index (χ2v) is 9.26. The summed E-state index contributed by atoms with van der Waals surface area (Å²) in [4.78, 5) is 4.49. The quantitative estimate of drug-likeness (QED) is 0.839. The molecule has 2 heterocycles. The lowest BCUT2D eigenvalue weighted by Crippen LogP contribution is -2.20. The Morgan fingerprint density at radius 2 is 1.85 bits per heavy atom. The highest BCUT2D eigenvalue weighted by Gasteiger charge is 2.34. The van der Waals surface area contributed by atoms with Crippen LogP contribution in [0, 0.1) is 5.41 Å². The number of hydrogen-bond acceptors (Lipinski definition) is 5. The molecule has 6 heteroatoms. The van der Waals surface area contributed by atoms with Gasteiger partial charge in [0.25, 0.3) is 0 Å². The minimum atomic E-state index is -2.90. The molecule has 1 saturated heterocycles. The van der Waals surface area contributed by atoms with E-state index in [1.165, 1.54) is 12.8 Å². The van der Waals surface area contributed by atoms with Crippen molar-refractivity contribution in [3.63, 3.8) is 0 Å². The predicted molar refractivity (Wildman–Crippen MR) is 75.3 cm³/mol. The van der Waals surface area contributed by atoms with Crippen LogP contribution in [0.15, 0.2) is 4.52 Å². The molecular formula is C14H22N2O3S. The number of hydrogen-bond donors (Lipinski definition) is 0. The molecule has 2 aliphatic rings. The van der Waals surface area contributed by atoms with Crippen LogP contribution in [0.1, 0.15) is 69.5 Å². The fourth-order valence-electron chi connectivity index (χ4n) is 3.22. The van der Waals surface area contributed by atoms with Crippen molar-refractivity contribution in [2.24, 2.45) is 5.41 Å². The fraction of sp³-hybridized carbons (Fsp3) is 0.857. The first-order valence-corrected chi connectivity index (χ1v) is 9.21. The van der Waals surface area contributed by atoms with Crippen molar-refractivity contribution in [3.05, 3.63) is 11.7 Å². The van der Waals surface area contributed by atoms with Gasteiger partial charge in [0.1, 0.15) is 0 Å².